The summed E-state index contributed by atoms with van der Waals surface area (Å²) in [5, 5.41) is 13.9. The van der Waals surface area contributed by atoms with Crippen molar-refractivity contribution in [2.24, 2.45) is 0 Å². The molecule has 0 aliphatic rings. The maximum Gasteiger partial charge on any atom is 0.168 e. The molecule has 0 aromatic carbocycles. The first-order valence-corrected chi connectivity index (χ1v) is 5.87. The highest BCUT2D eigenvalue weighted by molar-refractivity contribution is 7.90. The minimum Gasteiger partial charge on any atom is -0.262 e. The molecule has 0 amide bonds. The van der Waals surface area contributed by atoms with E-state index in [-0.39, 0.29) is 12.2 Å². The predicted octanol–water partition coefficient (Wildman–Crippen LogP) is -0.0236. The van der Waals surface area contributed by atoms with E-state index in [1.165, 1.54) is 6.92 Å². The molecule has 0 saturated carbocycles. The van der Waals surface area contributed by atoms with Gasteiger partial charge in [0, 0.05) is 6.26 Å². The lowest BCUT2D eigenvalue weighted by atomic mass is 10.4. The molecule has 7 heteroatoms. The zero-order valence-corrected chi connectivity index (χ0v) is 8.67. The van der Waals surface area contributed by atoms with Gasteiger partial charge in [-0.1, -0.05) is 0 Å². The average Bonchev–Trinajstić information content (AvgIpc) is 2.50. The van der Waals surface area contributed by atoms with Crippen LogP contribution in [0.5, 0.6) is 0 Å². The molecular formula is C7H10N4O2S. The molecule has 0 fully saturated rings. The molecule has 0 spiro atoms. The largest absolute Gasteiger partial charge is 0.262 e. The third kappa shape index (κ3) is 2.29. The molecule has 0 bridgehead atoms. The first-order chi connectivity index (χ1) is 6.45. The Morgan fingerprint density at radius 1 is 1.64 bits per heavy atom. The summed E-state index contributed by atoms with van der Waals surface area (Å²) in [4.78, 5) is 3.90. The van der Waals surface area contributed by atoms with E-state index in [9.17, 15) is 8.42 Å². The van der Waals surface area contributed by atoms with Gasteiger partial charge in [-0.15, -0.1) is 0 Å². The van der Waals surface area contributed by atoms with Gasteiger partial charge < -0.3 is 0 Å². The Morgan fingerprint density at radius 3 is 2.79 bits per heavy atom. The number of nitriles is 1. The summed E-state index contributed by atoms with van der Waals surface area (Å²) in [6, 6.07) is 1.89. The normalized spacial score (nSPS) is 13.5. The van der Waals surface area contributed by atoms with Crippen molar-refractivity contribution >= 4 is 9.84 Å². The molecule has 6 nitrogen and oxygen atoms in total. The highest BCUT2D eigenvalue weighted by Crippen LogP contribution is 2.16. The summed E-state index contributed by atoms with van der Waals surface area (Å²) in [6.07, 6.45) is 1.22. The molecule has 0 saturated heterocycles. The average molecular weight is 214 g/mol. The van der Waals surface area contributed by atoms with Gasteiger partial charge in [0.1, 0.15) is 11.1 Å². The molecule has 1 aromatic heterocycles. The quantitative estimate of drug-likeness (QED) is 0.762. The van der Waals surface area contributed by atoms with E-state index in [2.05, 4.69) is 15.2 Å². The molecule has 0 aliphatic heterocycles. The van der Waals surface area contributed by atoms with Crippen LogP contribution >= 0.6 is 0 Å². The number of nitrogens with zero attached hydrogens (tertiary/aromatic N) is 3. The van der Waals surface area contributed by atoms with Gasteiger partial charge in [-0.25, -0.2) is 13.4 Å². The van der Waals surface area contributed by atoms with Crippen molar-refractivity contribution in [3.8, 4) is 6.07 Å². The van der Waals surface area contributed by atoms with Crippen molar-refractivity contribution in [2.45, 2.75) is 18.6 Å². The van der Waals surface area contributed by atoms with Crippen molar-refractivity contribution in [1.29, 1.82) is 5.26 Å². The van der Waals surface area contributed by atoms with Crippen LogP contribution in [0.1, 0.15) is 23.8 Å². The number of hydrogen-bond donors (Lipinski definition) is 1. The molecule has 0 aliphatic carbocycles. The van der Waals surface area contributed by atoms with E-state index in [1.54, 1.807) is 0 Å². The van der Waals surface area contributed by atoms with E-state index >= 15 is 0 Å². The third-order valence-corrected chi connectivity index (χ3v) is 3.30. The Morgan fingerprint density at radius 2 is 2.29 bits per heavy atom. The van der Waals surface area contributed by atoms with Crippen molar-refractivity contribution in [3.05, 3.63) is 11.6 Å². The molecule has 0 radical (unpaired) electrons. The van der Waals surface area contributed by atoms with Gasteiger partial charge in [0.05, 0.1) is 12.5 Å². The molecule has 76 valence electrons. The van der Waals surface area contributed by atoms with Crippen LogP contribution in [0.25, 0.3) is 0 Å². The Labute approximate surface area is 81.9 Å². The van der Waals surface area contributed by atoms with E-state index in [4.69, 9.17) is 5.26 Å². The van der Waals surface area contributed by atoms with Crippen LogP contribution in [0.2, 0.25) is 0 Å². The van der Waals surface area contributed by atoms with Crippen LogP contribution in [0.15, 0.2) is 0 Å². The van der Waals surface area contributed by atoms with Crippen molar-refractivity contribution in [2.75, 3.05) is 6.26 Å². The minimum absolute atomic E-state index is 0.101. The number of aromatic nitrogens is 3. The van der Waals surface area contributed by atoms with Crippen molar-refractivity contribution < 1.29 is 8.42 Å². The highest BCUT2D eigenvalue weighted by Gasteiger charge is 2.21. The zero-order valence-electron chi connectivity index (χ0n) is 7.85. The SMILES string of the molecule is CC(c1n[nH]c(CC#N)n1)S(C)(=O)=O. The number of sulfone groups is 1. The predicted molar refractivity (Wildman–Crippen MR) is 49.0 cm³/mol. The Hall–Kier alpha value is -1.42. The lowest BCUT2D eigenvalue weighted by molar-refractivity contribution is 0.589. The van der Waals surface area contributed by atoms with Crippen LogP contribution in [0.3, 0.4) is 0 Å². The van der Waals surface area contributed by atoms with Crippen LogP contribution in [-0.4, -0.2) is 29.9 Å². The Kier molecular flexibility index (Phi) is 2.86. The smallest absolute Gasteiger partial charge is 0.168 e. The number of aromatic amines is 1. The van der Waals surface area contributed by atoms with Crippen LogP contribution in [0.4, 0.5) is 0 Å². The summed E-state index contributed by atoms with van der Waals surface area (Å²) >= 11 is 0. The van der Waals surface area contributed by atoms with E-state index in [0.29, 0.717) is 5.82 Å². The molecule has 1 aromatic rings. The summed E-state index contributed by atoms with van der Waals surface area (Å²) in [5.74, 6) is 0.593. The van der Waals surface area contributed by atoms with Crippen LogP contribution in [-0.2, 0) is 16.3 Å². The van der Waals surface area contributed by atoms with Gasteiger partial charge in [0.25, 0.3) is 0 Å². The van der Waals surface area contributed by atoms with Gasteiger partial charge in [0.15, 0.2) is 15.7 Å². The minimum atomic E-state index is -3.19. The highest BCUT2D eigenvalue weighted by atomic mass is 32.2. The maximum absolute atomic E-state index is 11.1. The second kappa shape index (κ2) is 3.75. The number of hydrogen-bond acceptors (Lipinski definition) is 5. The molecule has 1 atom stereocenters. The standard InChI is InChI=1S/C7H10N4O2S/c1-5(14(2,12)13)7-9-6(3-4-8)10-11-7/h5H,3H2,1-2H3,(H,9,10,11). The lowest BCUT2D eigenvalue weighted by Gasteiger charge is -2.02. The van der Waals surface area contributed by atoms with E-state index in [1.807, 2.05) is 6.07 Å². The molecule has 1 rings (SSSR count). The first-order valence-electron chi connectivity index (χ1n) is 3.92. The van der Waals surface area contributed by atoms with Crippen molar-refractivity contribution in [3.63, 3.8) is 0 Å². The molecule has 14 heavy (non-hydrogen) atoms. The fourth-order valence-corrected chi connectivity index (χ4v) is 1.33. The first kappa shape index (κ1) is 10.7. The van der Waals surface area contributed by atoms with Crippen molar-refractivity contribution in [1.82, 2.24) is 15.2 Å². The number of nitrogens with one attached hydrogen (secondary N) is 1. The summed E-state index contributed by atoms with van der Waals surface area (Å²) < 4.78 is 22.3. The number of H-pyrrole nitrogens is 1. The second-order valence-electron chi connectivity index (χ2n) is 2.95. The topological polar surface area (TPSA) is 99.5 Å². The molecule has 1 unspecified atom stereocenters. The third-order valence-electron chi connectivity index (χ3n) is 1.80. The molecular weight excluding hydrogens is 204 g/mol. The van der Waals surface area contributed by atoms with E-state index in [0.717, 1.165) is 6.26 Å². The van der Waals surface area contributed by atoms with Gasteiger partial charge in [-0.2, -0.15) is 10.4 Å². The summed E-state index contributed by atoms with van der Waals surface area (Å²) in [6.45, 7) is 1.51. The van der Waals surface area contributed by atoms with Gasteiger partial charge in [-0.05, 0) is 6.92 Å². The monoisotopic (exact) mass is 214 g/mol. The Bertz CT molecular complexity index is 456. The van der Waals surface area contributed by atoms with Crippen LogP contribution < -0.4 is 0 Å². The van der Waals surface area contributed by atoms with E-state index < -0.39 is 15.1 Å². The zero-order chi connectivity index (χ0) is 10.8. The Balaban J connectivity index is 2.94. The second-order valence-corrected chi connectivity index (χ2v) is 5.31. The maximum atomic E-state index is 11.1. The number of rotatable bonds is 3. The fraction of sp³-hybridized carbons (Fsp3) is 0.571. The van der Waals surface area contributed by atoms with Gasteiger partial charge in [0.2, 0.25) is 0 Å². The van der Waals surface area contributed by atoms with Gasteiger partial charge in [-0.3, -0.25) is 5.10 Å². The summed E-state index contributed by atoms with van der Waals surface area (Å²) in [7, 11) is -3.19. The molecule has 1 heterocycles. The van der Waals surface area contributed by atoms with Crippen LogP contribution in [0, 0.1) is 11.3 Å². The summed E-state index contributed by atoms with van der Waals surface area (Å²) in [5.41, 5.74) is 0. The fourth-order valence-electron chi connectivity index (χ4n) is 0.837. The lowest BCUT2D eigenvalue weighted by Crippen LogP contribution is -2.09. The molecule has 1 N–H and O–H groups in total. The van der Waals surface area contributed by atoms with Gasteiger partial charge >= 0.3 is 0 Å².